The third-order valence-corrected chi connectivity index (χ3v) is 2.72. The average molecular weight is 301 g/mol. The maximum Gasteiger partial charge on any atom is 0.407 e. The molecular formula is C15H27NO5. The van der Waals surface area contributed by atoms with Crippen LogP contribution in [-0.4, -0.2) is 45.0 Å². The van der Waals surface area contributed by atoms with Crippen molar-refractivity contribution in [3.05, 3.63) is 12.2 Å². The van der Waals surface area contributed by atoms with Crippen molar-refractivity contribution in [3.63, 3.8) is 0 Å². The number of ether oxygens (including phenoxy) is 3. The predicted molar refractivity (Wildman–Crippen MR) is 80.0 cm³/mol. The normalized spacial score (nSPS) is 11.6. The molecule has 0 bridgehead atoms. The third-order valence-electron chi connectivity index (χ3n) is 2.72. The van der Waals surface area contributed by atoms with Crippen molar-refractivity contribution in [1.29, 1.82) is 0 Å². The first kappa shape index (κ1) is 19.4. The summed E-state index contributed by atoms with van der Waals surface area (Å²) in [6.07, 6.45) is 1.23. The van der Waals surface area contributed by atoms with Crippen molar-refractivity contribution in [1.82, 2.24) is 5.32 Å². The lowest BCUT2D eigenvalue weighted by Gasteiger charge is -2.10. The van der Waals surface area contributed by atoms with Crippen LogP contribution in [0.4, 0.5) is 4.79 Å². The van der Waals surface area contributed by atoms with Gasteiger partial charge in [0.2, 0.25) is 0 Å². The van der Waals surface area contributed by atoms with Gasteiger partial charge in [-0.25, -0.2) is 9.59 Å². The second-order valence-electron chi connectivity index (χ2n) is 4.92. The number of rotatable bonds is 11. The van der Waals surface area contributed by atoms with Gasteiger partial charge in [-0.3, -0.25) is 0 Å². The Morgan fingerprint density at radius 2 is 1.90 bits per heavy atom. The van der Waals surface area contributed by atoms with Crippen LogP contribution in [-0.2, 0) is 19.0 Å². The second kappa shape index (κ2) is 12.2. The van der Waals surface area contributed by atoms with Crippen LogP contribution in [0.2, 0.25) is 0 Å². The zero-order chi connectivity index (χ0) is 16.1. The molecule has 0 fully saturated rings. The monoisotopic (exact) mass is 301 g/mol. The number of amides is 1. The van der Waals surface area contributed by atoms with Gasteiger partial charge in [-0.15, -0.1) is 0 Å². The van der Waals surface area contributed by atoms with Crippen molar-refractivity contribution < 1.29 is 23.8 Å². The molecule has 1 unspecified atom stereocenters. The molecule has 0 aromatic heterocycles. The number of esters is 1. The van der Waals surface area contributed by atoms with E-state index in [-0.39, 0.29) is 13.2 Å². The molecule has 0 spiro atoms. The third kappa shape index (κ3) is 11.9. The highest BCUT2D eigenvalue weighted by atomic mass is 16.6. The van der Waals surface area contributed by atoms with Gasteiger partial charge in [-0.2, -0.15) is 0 Å². The molecule has 0 aliphatic carbocycles. The lowest BCUT2D eigenvalue weighted by atomic mass is 10.1. The highest BCUT2D eigenvalue weighted by molar-refractivity contribution is 5.86. The van der Waals surface area contributed by atoms with Crippen LogP contribution in [0.3, 0.4) is 0 Å². The Labute approximate surface area is 126 Å². The molecule has 122 valence electrons. The van der Waals surface area contributed by atoms with E-state index in [1.807, 2.05) is 0 Å². The van der Waals surface area contributed by atoms with Gasteiger partial charge in [0.25, 0.3) is 0 Å². The van der Waals surface area contributed by atoms with E-state index in [0.717, 1.165) is 13.0 Å². The molecule has 0 saturated heterocycles. The molecule has 0 rings (SSSR count). The molecule has 1 N–H and O–H groups in total. The maximum atomic E-state index is 11.3. The van der Waals surface area contributed by atoms with E-state index in [4.69, 9.17) is 14.2 Å². The molecule has 1 atom stereocenters. The van der Waals surface area contributed by atoms with Crippen LogP contribution in [0.15, 0.2) is 12.2 Å². The smallest absolute Gasteiger partial charge is 0.407 e. The first-order chi connectivity index (χ1) is 9.97. The van der Waals surface area contributed by atoms with Crippen LogP contribution in [0.25, 0.3) is 0 Å². The van der Waals surface area contributed by atoms with Gasteiger partial charge in [0, 0.05) is 25.2 Å². The number of carbonyl (C=O) groups is 2. The molecule has 1 amide bonds. The van der Waals surface area contributed by atoms with Crippen LogP contribution in [0.1, 0.15) is 33.6 Å². The Morgan fingerprint density at radius 1 is 1.19 bits per heavy atom. The lowest BCUT2D eigenvalue weighted by Crippen LogP contribution is -2.29. The Hall–Kier alpha value is -1.56. The van der Waals surface area contributed by atoms with Gasteiger partial charge in [0.05, 0.1) is 13.2 Å². The molecule has 6 nitrogen and oxygen atoms in total. The Morgan fingerprint density at radius 3 is 2.52 bits per heavy atom. The first-order valence-corrected chi connectivity index (χ1v) is 7.28. The minimum absolute atomic E-state index is 0.0960. The van der Waals surface area contributed by atoms with E-state index in [9.17, 15) is 9.59 Å². The second-order valence-corrected chi connectivity index (χ2v) is 4.92. The Bertz CT molecular complexity index is 330. The highest BCUT2D eigenvalue weighted by Gasteiger charge is 2.04. The zero-order valence-electron chi connectivity index (χ0n) is 13.3. The number of nitrogens with one attached hydrogen (secondary N) is 1. The number of hydrogen-bond donors (Lipinski definition) is 1. The molecule has 0 aliphatic heterocycles. The largest absolute Gasteiger partial charge is 0.460 e. The molecule has 6 heteroatoms. The SMILES string of the molecule is C=C(C)C(=O)OCCNC(=O)OCCCOCC(C)CC. The quantitative estimate of drug-likeness (QED) is 0.360. The molecule has 21 heavy (non-hydrogen) atoms. The highest BCUT2D eigenvalue weighted by Crippen LogP contribution is 2.00. The summed E-state index contributed by atoms with van der Waals surface area (Å²) < 4.78 is 15.2. The summed E-state index contributed by atoms with van der Waals surface area (Å²) in [5.74, 6) is 0.0831. The van der Waals surface area contributed by atoms with Crippen LogP contribution >= 0.6 is 0 Å². The Balaban J connectivity index is 3.39. The summed E-state index contributed by atoms with van der Waals surface area (Å²) in [5.41, 5.74) is 0.329. The summed E-state index contributed by atoms with van der Waals surface area (Å²) in [5, 5.41) is 2.49. The molecule has 0 heterocycles. The van der Waals surface area contributed by atoms with Gasteiger partial charge in [-0.1, -0.05) is 26.8 Å². The first-order valence-electron chi connectivity index (χ1n) is 7.28. The Kier molecular flexibility index (Phi) is 11.3. The van der Waals surface area contributed by atoms with Crippen molar-refractivity contribution in [3.8, 4) is 0 Å². The fraction of sp³-hybridized carbons (Fsp3) is 0.733. The van der Waals surface area contributed by atoms with Crippen molar-refractivity contribution in [2.45, 2.75) is 33.6 Å². The number of carbonyl (C=O) groups excluding carboxylic acids is 2. The lowest BCUT2D eigenvalue weighted by molar-refractivity contribution is -0.138. The molecule has 0 radical (unpaired) electrons. The molecular weight excluding hydrogens is 274 g/mol. The van der Waals surface area contributed by atoms with Crippen LogP contribution in [0.5, 0.6) is 0 Å². The van der Waals surface area contributed by atoms with E-state index in [1.54, 1.807) is 6.92 Å². The summed E-state index contributed by atoms with van der Waals surface area (Å²) in [7, 11) is 0. The van der Waals surface area contributed by atoms with E-state index >= 15 is 0 Å². The predicted octanol–water partition coefficient (Wildman–Crippen LogP) is 2.28. The fourth-order valence-electron chi connectivity index (χ4n) is 1.20. The summed E-state index contributed by atoms with van der Waals surface area (Å²) >= 11 is 0. The van der Waals surface area contributed by atoms with Crippen molar-refractivity contribution >= 4 is 12.1 Å². The van der Waals surface area contributed by atoms with E-state index < -0.39 is 12.1 Å². The molecule has 0 aromatic rings. The number of hydrogen-bond acceptors (Lipinski definition) is 5. The minimum Gasteiger partial charge on any atom is -0.460 e. The molecule has 0 aromatic carbocycles. The topological polar surface area (TPSA) is 73.9 Å². The minimum atomic E-state index is -0.525. The van der Waals surface area contributed by atoms with Crippen molar-refractivity contribution in [2.24, 2.45) is 5.92 Å². The van der Waals surface area contributed by atoms with Gasteiger partial charge in [0.15, 0.2) is 0 Å². The molecule has 0 aliphatic rings. The van der Waals surface area contributed by atoms with Crippen LogP contribution < -0.4 is 5.32 Å². The standard InChI is InChI=1S/C15H27NO5/c1-5-13(4)11-19-8-6-9-21-15(18)16-7-10-20-14(17)12(2)3/h13H,2,5-11H2,1,3-4H3,(H,16,18). The summed E-state index contributed by atoms with van der Waals surface area (Å²) in [6.45, 7) is 11.2. The molecule has 0 saturated carbocycles. The van der Waals surface area contributed by atoms with Gasteiger partial charge >= 0.3 is 12.1 Å². The fourth-order valence-corrected chi connectivity index (χ4v) is 1.20. The van der Waals surface area contributed by atoms with E-state index in [0.29, 0.717) is 31.1 Å². The summed E-state index contributed by atoms with van der Waals surface area (Å²) in [6, 6.07) is 0. The zero-order valence-corrected chi connectivity index (χ0v) is 13.3. The van der Waals surface area contributed by atoms with Crippen LogP contribution in [0, 0.1) is 5.92 Å². The average Bonchev–Trinajstić information content (AvgIpc) is 2.46. The number of alkyl carbamates (subject to hydrolysis) is 1. The maximum absolute atomic E-state index is 11.3. The van der Waals surface area contributed by atoms with E-state index in [2.05, 4.69) is 25.7 Å². The summed E-state index contributed by atoms with van der Waals surface area (Å²) in [4.78, 5) is 22.3. The van der Waals surface area contributed by atoms with Gasteiger partial charge in [-0.05, 0) is 12.8 Å². The van der Waals surface area contributed by atoms with Crippen molar-refractivity contribution in [2.75, 3.05) is 33.0 Å². The van der Waals surface area contributed by atoms with Gasteiger partial charge < -0.3 is 19.5 Å². The van der Waals surface area contributed by atoms with Gasteiger partial charge in [0.1, 0.15) is 6.61 Å². The van der Waals surface area contributed by atoms with E-state index in [1.165, 1.54) is 0 Å².